The Morgan fingerprint density at radius 2 is 2.16 bits per heavy atom. The lowest BCUT2D eigenvalue weighted by molar-refractivity contribution is -0.119. The average molecular weight is 264 g/mol. The molecule has 3 nitrogen and oxygen atoms in total. The second-order valence-electron chi connectivity index (χ2n) is 5.02. The zero-order chi connectivity index (χ0) is 13.7. The van der Waals surface area contributed by atoms with Crippen LogP contribution in [0.15, 0.2) is 24.3 Å². The van der Waals surface area contributed by atoms with Crippen molar-refractivity contribution >= 4 is 11.6 Å². The molecule has 0 spiro atoms. The maximum atomic E-state index is 13.2. The van der Waals surface area contributed by atoms with Gasteiger partial charge in [-0.2, -0.15) is 0 Å². The molecular weight excluding hydrogens is 243 g/mol. The number of carbonyl (C=O) groups excluding carboxylic acids is 1. The monoisotopic (exact) mass is 264 g/mol. The van der Waals surface area contributed by atoms with Crippen LogP contribution in [0.3, 0.4) is 0 Å². The number of benzene rings is 1. The fraction of sp³-hybridized carbons (Fsp3) is 0.533. The lowest BCUT2D eigenvalue weighted by atomic mass is 9.94. The SMILES string of the molecule is CCN(C(=O)CC1CCNCC1)c1cccc(F)c1. The van der Waals surface area contributed by atoms with E-state index in [4.69, 9.17) is 0 Å². The van der Waals surface area contributed by atoms with Crippen LogP contribution >= 0.6 is 0 Å². The first kappa shape index (κ1) is 14.0. The van der Waals surface area contributed by atoms with E-state index in [0.29, 0.717) is 24.6 Å². The van der Waals surface area contributed by atoms with Gasteiger partial charge in [0.05, 0.1) is 0 Å². The lowest BCUT2D eigenvalue weighted by Gasteiger charge is -2.26. The number of nitrogens with one attached hydrogen (secondary N) is 1. The molecule has 0 atom stereocenters. The van der Waals surface area contributed by atoms with Crippen LogP contribution in [0, 0.1) is 11.7 Å². The molecule has 1 aliphatic heterocycles. The van der Waals surface area contributed by atoms with E-state index in [1.54, 1.807) is 17.0 Å². The van der Waals surface area contributed by atoms with Gasteiger partial charge in [0.1, 0.15) is 5.82 Å². The molecular formula is C15H21FN2O. The van der Waals surface area contributed by atoms with Gasteiger partial charge in [0, 0.05) is 18.7 Å². The van der Waals surface area contributed by atoms with E-state index in [2.05, 4.69) is 5.32 Å². The Balaban J connectivity index is 2.02. The maximum absolute atomic E-state index is 13.2. The minimum atomic E-state index is -0.300. The minimum absolute atomic E-state index is 0.0972. The van der Waals surface area contributed by atoms with Crippen molar-refractivity contribution < 1.29 is 9.18 Å². The fourth-order valence-corrected chi connectivity index (χ4v) is 2.59. The van der Waals surface area contributed by atoms with Gasteiger partial charge in [-0.05, 0) is 57.0 Å². The summed E-state index contributed by atoms with van der Waals surface area (Å²) in [7, 11) is 0. The predicted molar refractivity (Wildman–Crippen MR) is 74.6 cm³/mol. The molecule has 0 bridgehead atoms. The van der Waals surface area contributed by atoms with Gasteiger partial charge in [-0.15, -0.1) is 0 Å². The Bertz CT molecular complexity index is 430. The summed E-state index contributed by atoms with van der Waals surface area (Å²) >= 11 is 0. The zero-order valence-corrected chi connectivity index (χ0v) is 11.4. The third-order valence-corrected chi connectivity index (χ3v) is 3.66. The molecule has 1 aliphatic rings. The van der Waals surface area contributed by atoms with Crippen LogP contribution in [-0.2, 0) is 4.79 Å². The van der Waals surface area contributed by atoms with E-state index in [1.165, 1.54) is 12.1 Å². The Kier molecular flexibility index (Phi) is 4.91. The van der Waals surface area contributed by atoms with Crippen LogP contribution in [0.25, 0.3) is 0 Å². The molecule has 1 amide bonds. The molecule has 1 fully saturated rings. The third-order valence-electron chi connectivity index (χ3n) is 3.66. The first-order valence-corrected chi connectivity index (χ1v) is 6.97. The van der Waals surface area contributed by atoms with Gasteiger partial charge < -0.3 is 10.2 Å². The molecule has 2 rings (SSSR count). The van der Waals surface area contributed by atoms with Gasteiger partial charge in [0.15, 0.2) is 0 Å². The van der Waals surface area contributed by atoms with E-state index in [9.17, 15) is 9.18 Å². The number of halogens is 1. The number of amides is 1. The molecule has 1 aromatic carbocycles. The molecule has 1 saturated heterocycles. The molecule has 1 heterocycles. The van der Waals surface area contributed by atoms with Crippen molar-refractivity contribution in [1.29, 1.82) is 0 Å². The predicted octanol–water partition coefficient (Wildman–Crippen LogP) is 2.57. The van der Waals surface area contributed by atoms with Crippen molar-refractivity contribution in [2.75, 3.05) is 24.5 Å². The number of nitrogens with zero attached hydrogens (tertiary/aromatic N) is 1. The number of hydrogen-bond acceptors (Lipinski definition) is 2. The first-order valence-electron chi connectivity index (χ1n) is 6.97. The lowest BCUT2D eigenvalue weighted by Crippen LogP contribution is -2.35. The highest BCUT2D eigenvalue weighted by Gasteiger charge is 2.21. The fourth-order valence-electron chi connectivity index (χ4n) is 2.59. The number of rotatable bonds is 4. The van der Waals surface area contributed by atoms with Crippen LogP contribution < -0.4 is 10.2 Å². The number of hydrogen-bond donors (Lipinski definition) is 1. The smallest absolute Gasteiger partial charge is 0.227 e. The van der Waals surface area contributed by atoms with Crippen LogP contribution in [0.5, 0.6) is 0 Å². The highest BCUT2D eigenvalue weighted by Crippen LogP contribution is 2.21. The molecule has 1 N–H and O–H groups in total. The van der Waals surface area contributed by atoms with Crippen molar-refractivity contribution in [1.82, 2.24) is 5.32 Å². The van der Waals surface area contributed by atoms with Gasteiger partial charge in [-0.1, -0.05) is 6.07 Å². The molecule has 0 aliphatic carbocycles. The Morgan fingerprint density at radius 1 is 1.42 bits per heavy atom. The van der Waals surface area contributed by atoms with Gasteiger partial charge in [-0.3, -0.25) is 4.79 Å². The maximum Gasteiger partial charge on any atom is 0.227 e. The van der Waals surface area contributed by atoms with Crippen molar-refractivity contribution in [3.05, 3.63) is 30.1 Å². The molecule has 104 valence electrons. The Labute approximate surface area is 113 Å². The largest absolute Gasteiger partial charge is 0.317 e. The van der Waals surface area contributed by atoms with Crippen molar-refractivity contribution in [2.24, 2.45) is 5.92 Å². The van der Waals surface area contributed by atoms with E-state index < -0.39 is 0 Å². The standard InChI is InChI=1S/C15H21FN2O/c1-2-18(14-5-3-4-13(16)11-14)15(19)10-12-6-8-17-9-7-12/h3-5,11-12,17H,2,6-10H2,1H3. The van der Waals surface area contributed by atoms with E-state index in [1.807, 2.05) is 6.92 Å². The Hall–Kier alpha value is -1.42. The summed E-state index contributed by atoms with van der Waals surface area (Å²) in [5.41, 5.74) is 0.654. The molecule has 19 heavy (non-hydrogen) atoms. The van der Waals surface area contributed by atoms with E-state index in [-0.39, 0.29) is 11.7 Å². The summed E-state index contributed by atoms with van der Waals surface area (Å²) in [5.74, 6) is 0.252. The summed E-state index contributed by atoms with van der Waals surface area (Å²) in [6, 6.07) is 6.25. The van der Waals surface area contributed by atoms with Crippen molar-refractivity contribution in [2.45, 2.75) is 26.2 Å². The van der Waals surface area contributed by atoms with Gasteiger partial charge in [-0.25, -0.2) is 4.39 Å². The normalized spacial score (nSPS) is 16.3. The highest BCUT2D eigenvalue weighted by atomic mass is 19.1. The molecule has 0 radical (unpaired) electrons. The van der Waals surface area contributed by atoms with Crippen LogP contribution in [0.1, 0.15) is 26.2 Å². The van der Waals surface area contributed by atoms with E-state index in [0.717, 1.165) is 25.9 Å². The minimum Gasteiger partial charge on any atom is -0.317 e. The summed E-state index contributed by atoms with van der Waals surface area (Å²) < 4.78 is 13.2. The quantitative estimate of drug-likeness (QED) is 0.906. The first-order chi connectivity index (χ1) is 9.20. The van der Waals surface area contributed by atoms with Gasteiger partial charge >= 0.3 is 0 Å². The second kappa shape index (κ2) is 6.66. The molecule has 0 saturated carbocycles. The van der Waals surface area contributed by atoms with Gasteiger partial charge in [0.2, 0.25) is 5.91 Å². The van der Waals surface area contributed by atoms with Crippen LogP contribution in [0.2, 0.25) is 0 Å². The highest BCUT2D eigenvalue weighted by molar-refractivity contribution is 5.93. The van der Waals surface area contributed by atoms with Crippen molar-refractivity contribution in [3.63, 3.8) is 0 Å². The number of anilines is 1. The third kappa shape index (κ3) is 3.77. The average Bonchev–Trinajstić information content (AvgIpc) is 2.41. The summed E-state index contributed by atoms with van der Waals surface area (Å²) in [5, 5.41) is 3.30. The van der Waals surface area contributed by atoms with Crippen molar-refractivity contribution in [3.8, 4) is 0 Å². The number of piperidine rings is 1. The molecule has 0 unspecified atom stereocenters. The molecule has 4 heteroatoms. The molecule has 0 aromatic heterocycles. The number of carbonyl (C=O) groups is 1. The molecule has 1 aromatic rings. The summed E-state index contributed by atoms with van der Waals surface area (Å²) in [6.45, 7) is 4.48. The topological polar surface area (TPSA) is 32.3 Å². The summed E-state index contributed by atoms with van der Waals surface area (Å²) in [4.78, 5) is 14.0. The zero-order valence-electron chi connectivity index (χ0n) is 11.4. The van der Waals surface area contributed by atoms with Gasteiger partial charge in [0.25, 0.3) is 0 Å². The summed E-state index contributed by atoms with van der Waals surface area (Å²) in [6.07, 6.45) is 2.66. The second-order valence-corrected chi connectivity index (χ2v) is 5.02. The van der Waals surface area contributed by atoms with Crippen LogP contribution in [-0.4, -0.2) is 25.5 Å². The van der Waals surface area contributed by atoms with E-state index >= 15 is 0 Å². The Morgan fingerprint density at radius 3 is 2.79 bits per heavy atom. The van der Waals surface area contributed by atoms with Crippen LogP contribution in [0.4, 0.5) is 10.1 Å².